The Bertz CT molecular complexity index is 141. The van der Waals surface area contributed by atoms with Crippen LogP contribution in [0.3, 0.4) is 0 Å². The molecule has 0 saturated heterocycles. The fourth-order valence-electron chi connectivity index (χ4n) is 1.06. The summed E-state index contributed by atoms with van der Waals surface area (Å²) in [5.41, 5.74) is 0. The van der Waals surface area contributed by atoms with Gasteiger partial charge >= 0.3 is 33.4 Å². The number of thiol groups is 1. The van der Waals surface area contributed by atoms with E-state index in [0.717, 1.165) is 18.8 Å². The van der Waals surface area contributed by atoms with Gasteiger partial charge in [-0.3, -0.25) is 4.79 Å². The summed E-state index contributed by atoms with van der Waals surface area (Å²) in [4.78, 5) is 12.7. The van der Waals surface area contributed by atoms with Crippen molar-refractivity contribution in [1.29, 1.82) is 0 Å². The van der Waals surface area contributed by atoms with E-state index in [9.17, 15) is 4.79 Å². The summed E-state index contributed by atoms with van der Waals surface area (Å²) in [6.45, 7) is 5.00. The number of rotatable bonds is 7. The molecule has 0 heterocycles. The van der Waals surface area contributed by atoms with E-state index in [1.807, 2.05) is 0 Å². The number of unbranched alkanes of at least 4 members (excludes halogenated alkanes) is 2. The van der Waals surface area contributed by atoms with Crippen LogP contribution in [0.4, 0.5) is 0 Å². The van der Waals surface area contributed by atoms with Crippen LogP contribution in [0, 0.1) is 5.92 Å². The van der Waals surface area contributed by atoms with Crippen LogP contribution in [0.1, 0.15) is 39.5 Å². The summed E-state index contributed by atoms with van der Waals surface area (Å²) in [6, 6.07) is 0. The van der Waals surface area contributed by atoms with E-state index in [-0.39, 0.29) is 11.7 Å². The Morgan fingerprint density at radius 3 is 2.33 bits per heavy atom. The normalized spacial score (nSPS) is 9.47. The molecule has 89 valence electrons. The zero-order valence-electron chi connectivity index (χ0n) is 10.1. The van der Waals surface area contributed by atoms with Gasteiger partial charge in [0, 0.05) is 0 Å². The Kier molecular flexibility index (Phi) is 17.5. The van der Waals surface area contributed by atoms with Crippen LogP contribution in [0.5, 0.6) is 0 Å². The van der Waals surface area contributed by atoms with E-state index in [0.29, 0.717) is 6.61 Å². The van der Waals surface area contributed by atoms with Gasteiger partial charge < -0.3 is 4.74 Å². The van der Waals surface area contributed by atoms with Gasteiger partial charge in [-0.15, -0.1) is 0 Å². The number of ether oxygens (including phenoxy) is 1. The van der Waals surface area contributed by atoms with Crippen LogP contribution in [0.25, 0.3) is 0 Å². The molecule has 0 aliphatic heterocycles. The number of carbonyl (C=O) groups is 1. The second kappa shape index (κ2) is 14.6. The van der Waals surface area contributed by atoms with E-state index in [1.165, 1.54) is 12.8 Å². The molecule has 4 heteroatoms. The van der Waals surface area contributed by atoms with E-state index >= 15 is 0 Å². The Balaban J connectivity index is 0. The maximum atomic E-state index is 10.7. The van der Waals surface area contributed by atoms with Crippen LogP contribution >= 0.6 is 12.6 Å². The van der Waals surface area contributed by atoms with Gasteiger partial charge in [-0.25, -0.2) is 0 Å². The molecule has 0 amide bonds. The molecule has 0 unspecified atom stereocenters. The SMILES string of the molecule is CC(C)CCCCCOC(=O)CS.[CH3][Sn]. The Morgan fingerprint density at radius 1 is 1.27 bits per heavy atom. The van der Waals surface area contributed by atoms with Crippen LogP contribution < -0.4 is 0 Å². The van der Waals surface area contributed by atoms with Gasteiger partial charge in [0.05, 0.1) is 12.4 Å². The molecule has 0 spiro atoms. The van der Waals surface area contributed by atoms with Gasteiger partial charge in [-0.1, -0.05) is 33.1 Å². The molecule has 2 nitrogen and oxygen atoms in total. The molecule has 0 aliphatic rings. The Morgan fingerprint density at radius 2 is 1.87 bits per heavy atom. The Labute approximate surface area is 113 Å². The average molecular weight is 338 g/mol. The fourth-order valence-corrected chi connectivity index (χ4v) is 1.15. The molecule has 0 bridgehead atoms. The van der Waals surface area contributed by atoms with Crippen LogP contribution in [-0.2, 0) is 9.53 Å². The minimum atomic E-state index is -0.216. The zero-order valence-corrected chi connectivity index (χ0v) is 13.8. The number of hydrogen-bond donors (Lipinski definition) is 1. The van der Waals surface area contributed by atoms with Crippen molar-refractivity contribution in [2.45, 2.75) is 44.5 Å². The fraction of sp³-hybridized carbons (Fsp3) is 0.909. The summed E-state index contributed by atoms with van der Waals surface area (Å²) in [5.74, 6) is 0.749. The van der Waals surface area contributed by atoms with Crippen molar-refractivity contribution in [2.24, 2.45) is 5.92 Å². The van der Waals surface area contributed by atoms with Crippen LogP contribution in [0.2, 0.25) is 4.94 Å². The van der Waals surface area contributed by atoms with Crippen molar-refractivity contribution < 1.29 is 9.53 Å². The van der Waals surface area contributed by atoms with E-state index in [2.05, 4.69) is 31.4 Å². The Hall–Kier alpha value is 0.619. The topological polar surface area (TPSA) is 26.3 Å². The molecular weight excluding hydrogens is 315 g/mol. The quantitative estimate of drug-likeness (QED) is 0.334. The average Bonchev–Trinajstić information content (AvgIpc) is 2.25. The van der Waals surface area contributed by atoms with E-state index < -0.39 is 0 Å². The third kappa shape index (κ3) is 17.2. The third-order valence-electron chi connectivity index (χ3n) is 1.82. The monoisotopic (exact) mass is 339 g/mol. The van der Waals surface area contributed by atoms with Gasteiger partial charge in [-0.05, 0) is 12.3 Å². The summed E-state index contributed by atoms with van der Waals surface area (Å²) < 4.78 is 4.88. The van der Waals surface area contributed by atoms with E-state index in [1.54, 1.807) is 22.5 Å². The molecule has 0 aromatic carbocycles. The molecule has 15 heavy (non-hydrogen) atoms. The maximum absolute atomic E-state index is 10.7. The summed E-state index contributed by atoms with van der Waals surface area (Å²) in [5, 5.41) is 0. The van der Waals surface area contributed by atoms with Gasteiger partial charge in [0.1, 0.15) is 0 Å². The molecular formula is C11H23O2SSn. The molecule has 0 N–H and O–H groups in total. The van der Waals surface area contributed by atoms with Crippen molar-refractivity contribution in [3.05, 3.63) is 0 Å². The first-order chi connectivity index (χ1) is 7.16. The number of hydrogen-bond acceptors (Lipinski definition) is 3. The third-order valence-corrected chi connectivity index (χ3v) is 2.08. The van der Waals surface area contributed by atoms with Gasteiger partial charge in [-0.2, -0.15) is 12.6 Å². The number of carbonyl (C=O) groups excluding carboxylic acids is 1. The van der Waals surface area contributed by atoms with Crippen molar-refractivity contribution in [2.75, 3.05) is 12.4 Å². The van der Waals surface area contributed by atoms with Crippen molar-refractivity contribution in [3.63, 3.8) is 0 Å². The zero-order chi connectivity index (χ0) is 12.1. The van der Waals surface area contributed by atoms with Gasteiger partial charge in [0.25, 0.3) is 0 Å². The van der Waals surface area contributed by atoms with Crippen molar-refractivity contribution in [3.8, 4) is 0 Å². The minimum absolute atomic E-state index is 0.187. The first-order valence-corrected chi connectivity index (χ1v) is 8.92. The molecule has 0 aromatic rings. The first-order valence-electron chi connectivity index (χ1n) is 5.43. The molecule has 0 rings (SSSR count). The molecule has 0 fully saturated rings. The molecule has 0 atom stereocenters. The predicted octanol–water partition coefficient (Wildman–Crippen LogP) is 2.88. The molecule has 3 radical (unpaired) electrons. The van der Waals surface area contributed by atoms with Crippen molar-refractivity contribution in [1.82, 2.24) is 0 Å². The molecule has 0 aromatic heterocycles. The second-order valence-corrected chi connectivity index (χ2v) is 3.94. The molecule has 0 saturated carbocycles. The van der Waals surface area contributed by atoms with E-state index in [4.69, 9.17) is 4.74 Å². The van der Waals surface area contributed by atoms with Crippen LogP contribution in [0.15, 0.2) is 0 Å². The first kappa shape index (κ1) is 18.0. The summed E-state index contributed by atoms with van der Waals surface area (Å²) in [7, 11) is 0. The number of esters is 1. The van der Waals surface area contributed by atoms with Gasteiger partial charge in [0.15, 0.2) is 0 Å². The van der Waals surface area contributed by atoms with Crippen LogP contribution in [-0.4, -0.2) is 40.9 Å². The standard InChI is InChI=1S/C10H20O2S.CH3.Sn/c1-9(2)6-4-3-5-7-12-10(11)8-13;;/h9,13H,3-8H2,1-2H3;1H3;. The van der Waals surface area contributed by atoms with Gasteiger partial charge in [0.2, 0.25) is 0 Å². The summed E-state index contributed by atoms with van der Waals surface area (Å²) in [6.07, 6.45) is 4.63. The molecule has 0 aliphatic carbocycles. The second-order valence-electron chi connectivity index (χ2n) is 3.62. The predicted molar refractivity (Wildman–Crippen MR) is 69.7 cm³/mol. The summed E-state index contributed by atoms with van der Waals surface area (Å²) >= 11 is 5.36. The van der Waals surface area contributed by atoms with Crippen molar-refractivity contribution >= 4 is 41.1 Å².